The van der Waals surface area contributed by atoms with E-state index in [9.17, 15) is 4.79 Å². The summed E-state index contributed by atoms with van der Waals surface area (Å²) in [6.45, 7) is 5.21. The Hall–Kier alpha value is -1.63. The van der Waals surface area contributed by atoms with E-state index in [1.807, 2.05) is 4.90 Å². The maximum absolute atomic E-state index is 12.0. The van der Waals surface area contributed by atoms with Crippen LogP contribution in [0.4, 0.5) is 6.01 Å². The van der Waals surface area contributed by atoms with Crippen molar-refractivity contribution in [2.45, 2.75) is 38.8 Å². The first kappa shape index (κ1) is 12.8. The fraction of sp³-hybridized carbons (Fsp3) is 0.727. The Bertz CT molecular complexity index is 411. The zero-order valence-electron chi connectivity index (χ0n) is 10.7. The number of amides is 1. The van der Waals surface area contributed by atoms with E-state index in [2.05, 4.69) is 15.5 Å². The van der Waals surface area contributed by atoms with E-state index in [1.165, 1.54) is 0 Å². The number of nitrogens with zero attached hydrogens (tertiary/aromatic N) is 3. The predicted molar refractivity (Wildman–Crippen MR) is 65.8 cm³/mol. The summed E-state index contributed by atoms with van der Waals surface area (Å²) in [4.78, 5) is 13.9. The van der Waals surface area contributed by atoms with Crippen molar-refractivity contribution in [3.8, 4) is 0 Å². The van der Waals surface area contributed by atoms with E-state index < -0.39 is 0 Å². The maximum Gasteiger partial charge on any atom is 0.316 e. The van der Waals surface area contributed by atoms with Gasteiger partial charge in [0.1, 0.15) is 6.04 Å². The minimum atomic E-state index is -0.371. The minimum Gasteiger partial charge on any atom is -0.406 e. The molecule has 1 aromatic rings. The monoisotopic (exact) mass is 253 g/mol. The molecule has 3 N–H and O–H groups in total. The zero-order valence-corrected chi connectivity index (χ0v) is 10.7. The summed E-state index contributed by atoms with van der Waals surface area (Å²) in [6, 6.07) is -0.440. The first-order valence-electron chi connectivity index (χ1n) is 6.22. The highest BCUT2D eigenvalue weighted by molar-refractivity contribution is 5.83. The Morgan fingerprint density at radius 3 is 2.61 bits per heavy atom. The van der Waals surface area contributed by atoms with E-state index in [1.54, 1.807) is 13.8 Å². The molecule has 18 heavy (non-hydrogen) atoms. The number of aromatic nitrogens is 2. The normalized spacial score (nSPS) is 18.7. The number of anilines is 1. The van der Waals surface area contributed by atoms with Crippen LogP contribution in [0.25, 0.3) is 0 Å². The highest BCUT2D eigenvalue weighted by atomic mass is 16.4. The third kappa shape index (κ3) is 2.79. The number of nitrogens with one attached hydrogen (secondary N) is 1. The Morgan fingerprint density at radius 2 is 2.06 bits per heavy atom. The quantitative estimate of drug-likeness (QED) is 0.811. The molecule has 1 aliphatic rings. The van der Waals surface area contributed by atoms with Crippen LogP contribution in [0.2, 0.25) is 0 Å². The van der Waals surface area contributed by atoms with Gasteiger partial charge in [-0.05, 0) is 26.7 Å². The molecule has 1 amide bonds. The second-order valence-corrected chi connectivity index (χ2v) is 4.63. The van der Waals surface area contributed by atoms with Gasteiger partial charge in [-0.1, -0.05) is 5.10 Å². The predicted octanol–water partition coefficient (Wildman–Crippen LogP) is 0.512. The molecule has 0 radical (unpaired) electrons. The summed E-state index contributed by atoms with van der Waals surface area (Å²) in [7, 11) is 0. The lowest BCUT2D eigenvalue weighted by molar-refractivity contribution is -0.130. The molecule has 7 heteroatoms. The van der Waals surface area contributed by atoms with Crippen molar-refractivity contribution < 1.29 is 9.21 Å². The van der Waals surface area contributed by atoms with Crippen molar-refractivity contribution >= 4 is 11.9 Å². The molecule has 1 fully saturated rings. The number of carbonyl (C=O) groups excluding carboxylic acids is 1. The number of likely N-dealkylation sites (tertiary alicyclic amines) is 1. The van der Waals surface area contributed by atoms with Gasteiger partial charge in [0.05, 0.1) is 6.04 Å². The van der Waals surface area contributed by atoms with Crippen LogP contribution in [0.3, 0.4) is 0 Å². The maximum atomic E-state index is 12.0. The van der Waals surface area contributed by atoms with Gasteiger partial charge in [-0.3, -0.25) is 4.79 Å². The topological polar surface area (TPSA) is 97.3 Å². The number of hydrogen-bond donors (Lipinski definition) is 2. The molecule has 0 bridgehead atoms. The van der Waals surface area contributed by atoms with Crippen LogP contribution in [0, 0.1) is 0 Å². The molecule has 2 heterocycles. The van der Waals surface area contributed by atoms with Gasteiger partial charge in [-0.25, -0.2) is 0 Å². The smallest absolute Gasteiger partial charge is 0.316 e. The lowest BCUT2D eigenvalue weighted by Crippen LogP contribution is -2.39. The van der Waals surface area contributed by atoms with Crippen molar-refractivity contribution in [1.82, 2.24) is 15.1 Å². The summed E-state index contributed by atoms with van der Waals surface area (Å²) < 4.78 is 5.30. The first-order chi connectivity index (χ1) is 8.58. The lowest BCUT2D eigenvalue weighted by atomic mass is 10.3. The molecular formula is C11H19N5O2. The molecule has 0 aliphatic carbocycles. The summed E-state index contributed by atoms with van der Waals surface area (Å²) in [6.07, 6.45) is 2.15. The van der Waals surface area contributed by atoms with Crippen LogP contribution < -0.4 is 11.1 Å². The Morgan fingerprint density at radius 1 is 1.39 bits per heavy atom. The van der Waals surface area contributed by atoms with E-state index in [0.29, 0.717) is 5.89 Å². The molecule has 0 aromatic carbocycles. The van der Waals surface area contributed by atoms with Gasteiger partial charge in [0.2, 0.25) is 11.8 Å². The Labute approximate surface area is 106 Å². The number of rotatable bonds is 4. The minimum absolute atomic E-state index is 0.0630. The van der Waals surface area contributed by atoms with Gasteiger partial charge in [0.15, 0.2) is 0 Å². The van der Waals surface area contributed by atoms with E-state index in [0.717, 1.165) is 25.9 Å². The average Bonchev–Trinajstić information content (AvgIpc) is 2.98. The second kappa shape index (κ2) is 5.34. The van der Waals surface area contributed by atoms with Crippen molar-refractivity contribution in [2.24, 2.45) is 5.73 Å². The zero-order chi connectivity index (χ0) is 13.1. The molecule has 1 saturated heterocycles. The van der Waals surface area contributed by atoms with Crippen LogP contribution in [0.1, 0.15) is 38.6 Å². The summed E-state index contributed by atoms with van der Waals surface area (Å²) in [5, 5.41) is 10.5. The van der Waals surface area contributed by atoms with Crippen molar-refractivity contribution in [3.63, 3.8) is 0 Å². The number of hydrogen-bond acceptors (Lipinski definition) is 6. The fourth-order valence-electron chi connectivity index (χ4n) is 1.94. The van der Waals surface area contributed by atoms with E-state index in [4.69, 9.17) is 10.2 Å². The van der Waals surface area contributed by atoms with Gasteiger partial charge >= 0.3 is 6.01 Å². The van der Waals surface area contributed by atoms with Crippen LogP contribution >= 0.6 is 0 Å². The fourth-order valence-corrected chi connectivity index (χ4v) is 1.94. The van der Waals surface area contributed by atoms with E-state index >= 15 is 0 Å². The molecule has 0 saturated carbocycles. The third-order valence-corrected chi connectivity index (χ3v) is 2.96. The number of nitrogens with two attached hydrogens (primary N) is 1. The van der Waals surface area contributed by atoms with Crippen LogP contribution in [0.15, 0.2) is 4.42 Å². The van der Waals surface area contributed by atoms with Crippen LogP contribution in [-0.2, 0) is 4.79 Å². The molecule has 1 aliphatic heterocycles. The molecule has 1 aromatic heterocycles. The highest BCUT2D eigenvalue weighted by Gasteiger charge is 2.24. The Kier molecular flexibility index (Phi) is 3.81. The average molecular weight is 253 g/mol. The molecule has 2 unspecified atom stereocenters. The molecule has 7 nitrogen and oxygen atoms in total. The van der Waals surface area contributed by atoms with Crippen molar-refractivity contribution in [2.75, 3.05) is 18.4 Å². The summed E-state index contributed by atoms with van der Waals surface area (Å²) >= 11 is 0. The number of carbonyl (C=O) groups is 1. The standard InChI is InChI=1S/C11H19N5O2/c1-7(12)9-14-15-11(18-9)13-8(2)10(17)16-5-3-4-6-16/h7-8H,3-6,12H2,1-2H3,(H,13,15). The lowest BCUT2D eigenvalue weighted by Gasteiger charge is -2.20. The molecule has 100 valence electrons. The van der Waals surface area contributed by atoms with Gasteiger partial charge in [0, 0.05) is 13.1 Å². The Balaban J connectivity index is 1.93. The molecule has 2 rings (SSSR count). The molecular weight excluding hydrogens is 234 g/mol. The van der Waals surface area contributed by atoms with Crippen molar-refractivity contribution in [3.05, 3.63) is 5.89 Å². The van der Waals surface area contributed by atoms with Crippen LogP contribution in [-0.4, -0.2) is 40.1 Å². The molecule has 0 spiro atoms. The molecule has 2 atom stereocenters. The first-order valence-corrected chi connectivity index (χ1v) is 6.22. The van der Waals surface area contributed by atoms with Gasteiger partial charge < -0.3 is 20.4 Å². The van der Waals surface area contributed by atoms with E-state index in [-0.39, 0.29) is 24.0 Å². The van der Waals surface area contributed by atoms with Gasteiger partial charge in [-0.2, -0.15) is 0 Å². The van der Waals surface area contributed by atoms with Gasteiger partial charge in [0.25, 0.3) is 0 Å². The largest absolute Gasteiger partial charge is 0.406 e. The highest BCUT2D eigenvalue weighted by Crippen LogP contribution is 2.14. The SMILES string of the molecule is CC(Nc1nnc(C(C)N)o1)C(=O)N1CCCC1. The van der Waals surface area contributed by atoms with Crippen LogP contribution in [0.5, 0.6) is 0 Å². The summed E-state index contributed by atoms with van der Waals surface area (Å²) in [5.41, 5.74) is 5.62. The van der Waals surface area contributed by atoms with Gasteiger partial charge in [-0.15, -0.1) is 5.10 Å². The van der Waals surface area contributed by atoms with Crippen molar-refractivity contribution in [1.29, 1.82) is 0 Å². The third-order valence-electron chi connectivity index (χ3n) is 2.96. The second-order valence-electron chi connectivity index (χ2n) is 4.63. The summed E-state index contributed by atoms with van der Waals surface area (Å²) in [5.74, 6) is 0.423.